The van der Waals surface area contributed by atoms with Gasteiger partial charge in [-0.3, -0.25) is 9.59 Å². The van der Waals surface area contributed by atoms with Crippen molar-refractivity contribution in [3.63, 3.8) is 0 Å². The van der Waals surface area contributed by atoms with Crippen molar-refractivity contribution in [1.82, 2.24) is 0 Å². The molecule has 5 aliphatic carbocycles. The van der Waals surface area contributed by atoms with E-state index in [2.05, 4.69) is 61.5 Å². The van der Waals surface area contributed by atoms with Crippen LogP contribution in [0.25, 0.3) is 0 Å². The number of aldehydes is 1. The van der Waals surface area contributed by atoms with E-state index in [1.165, 1.54) is 51.4 Å². The van der Waals surface area contributed by atoms with Crippen molar-refractivity contribution in [1.29, 1.82) is 0 Å². The Hall–Kier alpha value is -0.920. The molecule has 10 atom stereocenters. The zero-order valence-electron chi connectivity index (χ0n) is 23.3. The second-order valence-corrected chi connectivity index (χ2v) is 15.4. The van der Waals surface area contributed by atoms with Crippen molar-refractivity contribution < 1.29 is 9.59 Å². The van der Waals surface area contributed by atoms with Crippen LogP contribution < -0.4 is 0 Å². The third-order valence-electron chi connectivity index (χ3n) is 13.7. The predicted molar refractivity (Wildman–Crippen MR) is 139 cm³/mol. The summed E-state index contributed by atoms with van der Waals surface area (Å²) < 4.78 is 0. The van der Waals surface area contributed by atoms with Crippen LogP contribution >= 0.6 is 0 Å². The lowest BCUT2D eigenvalue weighted by molar-refractivity contribution is -0.233. The lowest BCUT2D eigenvalue weighted by Gasteiger charge is -2.73. The molecule has 0 aromatic heterocycles. The molecule has 4 fully saturated rings. The summed E-state index contributed by atoms with van der Waals surface area (Å²) in [6.45, 7) is 20.2. The Kier molecular flexibility index (Phi) is 5.50. The Balaban J connectivity index is 1.58. The highest BCUT2D eigenvalue weighted by atomic mass is 16.2. The van der Waals surface area contributed by atoms with Crippen molar-refractivity contribution in [3.05, 3.63) is 11.6 Å². The summed E-state index contributed by atoms with van der Waals surface area (Å²) in [5.74, 6) is 4.24. The number of hydrogen-bond acceptors (Lipinski definition) is 2. The number of carbonyl (C=O) groups excluding carboxylic acids is 2. The van der Waals surface area contributed by atoms with Crippen LogP contribution in [-0.2, 0) is 9.59 Å². The summed E-state index contributed by atoms with van der Waals surface area (Å²) in [6.07, 6.45) is 14.4. The summed E-state index contributed by atoms with van der Waals surface area (Å²) in [5, 5.41) is 0. The lowest BCUT2D eigenvalue weighted by Crippen LogP contribution is -2.66. The Morgan fingerprint density at radius 3 is 2.24 bits per heavy atom. The van der Waals surface area contributed by atoms with Gasteiger partial charge in [0.05, 0.1) is 0 Å². The molecule has 0 saturated heterocycles. The normalized spacial score (nSPS) is 53.9. The summed E-state index contributed by atoms with van der Waals surface area (Å²) >= 11 is 0. The molecule has 0 aromatic rings. The van der Waals surface area contributed by atoms with Gasteiger partial charge in [0.15, 0.2) is 6.29 Å². The predicted octanol–water partition coefficient (Wildman–Crippen LogP) is 8.05. The van der Waals surface area contributed by atoms with E-state index in [1.807, 2.05) is 0 Å². The van der Waals surface area contributed by atoms with Gasteiger partial charge in [0, 0.05) is 5.57 Å². The standard InChI is InChI=1S/C32H50O2/c1-20-11-13-29(5)15-16-31(7)23(27(29)21(20)2)9-10-26-30(6)18-22(24(34)19-33)17-28(3,4)25(30)12-14-32(26,31)8/h18-21,23,25-27H,9-17H2,1-8H3/t20-,21+,23-,25+,26-,27+,29-,30+,31-,32-/m1/s1. The van der Waals surface area contributed by atoms with Gasteiger partial charge in [0.25, 0.3) is 0 Å². The number of allylic oxidation sites excluding steroid dienone is 2. The highest BCUT2D eigenvalue weighted by molar-refractivity contribution is 6.33. The molecule has 2 heteroatoms. The molecule has 0 radical (unpaired) electrons. The Bertz CT molecular complexity index is 914. The summed E-state index contributed by atoms with van der Waals surface area (Å²) in [4.78, 5) is 24.1. The molecule has 0 heterocycles. The fourth-order valence-corrected chi connectivity index (χ4v) is 11.7. The van der Waals surface area contributed by atoms with Crippen LogP contribution in [0.4, 0.5) is 0 Å². The van der Waals surface area contributed by atoms with Crippen LogP contribution in [-0.4, -0.2) is 12.1 Å². The second kappa shape index (κ2) is 7.55. The van der Waals surface area contributed by atoms with Gasteiger partial charge >= 0.3 is 0 Å². The van der Waals surface area contributed by atoms with Crippen LogP contribution in [0.2, 0.25) is 0 Å². The van der Waals surface area contributed by atoms with Gasteiger partial charge in [-0.1, -0.05) is 61.5 Å². The van der Waals surface area contributed by atoms with E-state index in [4.69, 9.17) is 0 Å². The fraction of sp³-hybridized carbons (Fsp3) is 0.875. The first kappa shape index (κ1) is 24.8. The van der Waals surface area contributed by atoms with E-state index < -0.39 is 0 Å². The number of fused-ring (bicyclic) bond motifs is 7. The quantitative estimate of drug-likeness (QED) is 0.305. The minimum absolute atomic E-state index is 0.00293. The maximum Gasteiger partial charge on any atom is 0.221 e. The summed E-state index contributed by atoms with van der Waals surface area (Å²) in [5.41, 5.74) is 2.04. The first-order valence-corrected chi connectivity index (χ1v) is 14.4. The highest BCUT2D eigenvalue weighted by Gasteiger charge is 2.69. The minimum Gasteiger partial charge on any atom is -0.294 e. The van der Waals surface area contributed by atoms with Gasteiger partial charge in [-0.05, 0) is 120 Å². The Morgan fingerprint density at radius 1 is 0.853 bits per heavy atom. The molecular formula is C32H50O2. The van der Waals surface area contributed by atoms with Gasteiger partial charge in [-0.15, -0.1) is 0 Å². The molecular weight excluding hydrogens is 416 g/mol. The van der Waals surface area contributed by atoms with Crippen molar-refractivity contribution >= 4 is 12.1 Å². The van der Waals surface area contributed by atoms with Crippen LogP contribution in [0, 0.1) is 62.6 Å². The molecule has 2 nitrogen and oxygen atoms in total. The van der Waals surface area contributed by atoms with E-state index in [0.717, 1.165) is 35.7 Å². The Morgan fingerprint density at radius 2 is 1.56 bits per heavy atom. The van der Waals surface area contributed by atoms with Gasteiger partial charge in [0.1, 0.15) is 0 Å². The average molecular weight is 467 g/mol. The van der Waals surface area contributed by atoms with E-state index in [-0.39, 0.29) is 16.6 Å². The molecule has 0 aromatic carbocycles. The zero-order chi connectivity index (χ0) is 24.9. The maximum atomic E-state index is 12.6. The molecule has 5 aliphatic rings. The number of hydrogen-bond donors (Lipinski definition) is 0. The molecule has 0 aliphatic heterocycles. The molecule has 0 amide bonds. The topological polar surface area (TPSA) is 34.1 Å². The lowest BCUT2D eigenvalue weighted by atomic mass is 9.31. The minimum atomic E-state index is -0.279. The molecule has 34 heavy (non-hydrogen) atoms. The number of ketones is 1. The molecule has 190 valence electrons. The Labute approximate surface area is 209 Å². The van der Waals surface area contributed by atoms with Crippen molar-refractivity contribution in [2.75, 3.05) is 0 Å². The number of Topliss-reactive ketones (excluding diaryl/α,β-unsaturated/α-hetero) is 1. The average Bonchev–Trinajstić information content (AvgIpc) is 2.76. The molecule has 4 saturated carbocycles. The van der Waals surface area contributed by atoms with Crippen LogP contribution in [0.3, 0.4) is 0 Å². The number of carbonyl (C=O) groups is 2. The third kappa shape index (κ3) is 3.05. The zero-order valence-corrected chi connectivity index (χ0v) is 23.3. The SMILES string of the molecule is C[C@@H]1[C@H]2[C@H]3CC[C@@H]4[C@@]5(C)C=C(C(=O)C=O)CC(C)(C)[C@@H]5CC[C@@]4(C)[C@]3(C)CC[C@@]2(C)CC[C@H]1C. The second-order valence-electron chi connectivity index (χ2n) is 15.4. The van der Waals surface area contributed by atoms with E-state index in [9.17, 15) is 9.59 Å². The monoisotopic (exact) mass is 466 g/mol. The molecule has 0 spiro atoms. The van der Waals surface area contributed by atoms with E-state index >= 15 is 0 Å². The largest absolute Gasteiger partial charge is 0.294 e. The first-order valence-electron chi connectivity index (χ1n) is 14.4. The van der Waals surface area contributed by atoms with Gasteiger partial charge in [0.2, 0.25) is 5.78 Å². The van der Waals surface area contributed by atoms with Gasteiger partial charge in [-0.2, -0.15) is 0 Å². The van der Waals surface area contributed by atoms with E-state index in [0.29, 0.717) is 34.4 Å². The summed E-state index contributed by atoms with van der Waals surface area (Å²) in [7, 11) is 0. The molecule has 0 N–H and O–H groups in total. The molecule has 5 rings (SSSR count). The van der Waals surface area contributed by atoms with Gasteiger partial charge < -0.3 is 0 Å². The van der Waals surface area contributed by atoms with Crippen LogP contribution in [0.5, 0.6) is 0 Å². The maximum absolute atomic E-state index is 12.6. The third-order valence-corrected chi connectivity index (χ3v) is 13.7. The van der Waals surface area contributed by atoms with Crippen LogP contribution in [0.15, 0.2) is 11.6 Å². The van der Waals surface area contributed by atoms with Gasteiger partial charge in [-0.25, -0.2) is 0 Å². The van der Waals surface area contributed by atoms with Crippen molar-refractivity contribution in [2.45, 2.75) is 113 Å². The molecule has 0 unspecified atom stereocenters. The van der Waals surface area contributed by atoms with Crippen molar-refractivity contribution in [3.8, 4) is 0 Å². The fourth-order valence-electron chi connectivity index (χ4n) is 11.7. The van der Waals surface area contributed by atoms with Crippen LogP contribution in [0.1, 0.15) is 113 Å². The van der Waals surface area contributed by atoms with Crippen molar-refractivity contribution in [2.24, 2.45) is 62.6 Å². The summed E-state index contributed by atoms with van der Waals surface area (Å²) in [6, 6.07) is 0. The number of rotatable bonds is 2. The molecule has 0 bridgehead atoms. The first-order chi connectivity index (χ1) is 15.7. The van der Waals surface area contributed by atoms with E-state index in [1.54, 1.807) is 0 Å². The highest BCUT2D eigenvalue weighted by Crippen LogP contribution is 2.76. The smallest absolute Gasteiger partial charge is 0.221 e.